The zero-order valence-electron chi connectivity index (χ0n) is 7.66. The molecule has 0 aromatic carbocycles. The van der Waals surface area contributed by atoms with Crippen LogP contribution in [0.3, 0.4) is 0 Å². The maximum Gasteiger partial charge on any atom is 0.303 e. The first-order valence-electron chi connectivity index (χ1n) is 4.51. The van der Waals surface area contributed by atoms with Crippen molar-refractivity contribution in [2.24, 2.45) is 0 Å². The van der Waals surface area contributed by atoms with Gasteiger partial charge < -0.3 is 10.2 Å². The number of ketones is 1. The number of hydrogen-bond acceptors (Lipinski definition) is 3. The van der Waals surface area contributed by atoms with E-state index in [1.54, 1.807) is 0 Å². The van der Waals surface area contributed by atoms with E-state index in [1.807, 2.05) is 0 Å². The second kappa shape index (κ2) is 7.73. The Morgan fingerprint density at radius 3 is 1.92 bits per heavy atom. The Morgan fingerprint density at radius 1 is 0.923 bits per heavy atom. The van der Waals surface area contributed by atoms with Crippen LogP contribution in [0.5, 0.6) is 0 Å². The molecular formula is C9H16O4. The predicted octanol–water partition coefficient (Wildman–Crippen LogP) is 0.973. The summed E-state index contributed by atoms with van der Waals surface area (Å²) in [5.41, 5.74) is 0. The van der Waals surface area contributed by atoms with Crippen molar-refractivity contribution in [3.8, 4) is 0 Å². The van der Waals surface area contributed by atoms with Gasteiger partial charge in [-0.25, -0.2) is 0 Å². The van der Waals surface area contributed by atoms with E-state index in [1.165, 1.54) is 0 Å². The number of Topliss-reactive ketones (excluding diaryl/α,β-unsaturated/α-hetero) is 1. The van der Waals surface area contributed by atoms with E-state index in [0.29, 0.717) is 12.8 Å². The zero-order chi connectivity index (χ0) is 10.1. The van der Waals surface area contributed by atoms with Gasteiger partial charge in [-0.2, -0.15) is 0 Å². The third kappa shape index (κ3) is 9.01. The normalized spacial score (nSPS) is 9.92. The van der Waals surface area contributed by atoms with Crippen molar-refractivity contribution in [1.82, 2.24) is 0 Å². The Hall–Kier alpha value is -0.900. The van der Waals surface area contributed by atoms with Crippen LogP contribution >= 0.6 is 0 Å². The van der Waals surface area contributed by atoms with Gasteiger partial charge in [-0.05, 0) is 12.8 Å². The van der Waals surface area contributed by atoms with Gasteiger partial charge in [0.2, 0.25) is 0 Å². The maximum absolute atomic E-state index is 10.6. The fraction of sp³-hybridized carbons (Fsp3) is 0.778. The zero-order valence-corrected chi connectivity index (χ0v) is 7.66. The van der Waals surface area contributed by atoms with Gasteiger partial charge in [0.1, 0.15) is 6.61 Å². The highest BCUT2D eigenvalue weighted by Gasteiger charge is 1.99. The van der Waals surface area contributed by atoms with Crippen LogP contribution in [0.15, 0.2) is 0 Å². The van der Waals surface area contributed by atoms with Crippen molar-refractivity contribution in [3.05, 3.63) is 0 Å². The average Bonchev–Trinajstić information content (AvgIpc) is 2.10. The smallest absolute Gasteiger partial charge is 0.303 e. The lowest BCUT2D eigenvalue weighted by Crippen LogP contribution is -2.02. The minimum atomic E-state index is -0.772. The summed E-state index contributed by atoms with van der Waals surface area (Å²) in [6, 6.07) is 0. The second-order valence-electron chi connectivity index (χ2n) is 3.00. The Bertz CT molecular complexity index is 165. The quantitative estimate of drug-likeness (QED) is 0.557. The summed E-state index contributed by atoms with van der Waals surface area (Å²) in [4.78, 5) is 20.7. The van der Waals surface area contributed by atoms with E-state index in [2.05, 4.69) is 0 Å². The molecule has 0 aliphatic heterocycles. The van der Waals surface area contributed by atoms with Crippen molar-refractivity contribution in [3.63, 3.8) is 0 Å². The summed E-state index contributed by atoms with van der Waals surface area (Å²) >= 11 is 0. The number of rotatable bonds is 8. The summed E-state index contributed by atoms with van der Waals surface area (Å²) < 4.78 is 0. The van der Waals surface area contributed by atoms with Gasteiger partial charge in [0.25, 0.3) is 0 Å². The van der Waals surface area contributed by atoms with Gasteiger partial charge in [-0.1, -0.05) is 12.8 Å². The monoisotopic (exact) mass is 188 g/mol. The molecule has 0 aromatic heterocycles. The van der Waals surface area contributed by atoms with Gasteiger partial charge in [0.15, 0.2) is 5.78 Å². The molecule has 0 spiro atoms. The lowest BCUT2D eigenvalue weighted by molar-refractivity contribution is -0.137. The van der Waals surface area contributed by atoms with Gasteiger partial charge >= 0.3 is 5.97 Å². The van der Waals surface area contributed by atoms with Crippen molar-refractivity contribution in [2.45, 2.75) is 38.5 Å². The van der Waals surface area contributed by atoms with Crippen LogP contribution in [0.4, 0.5) is 0 Å². The molecule has 0 radical (unpaired) electrons. The third-order valence-electron chi connectivity index (χ3n) is 1.77. The van der Waals surface area contributed by atoms with Crippen molar-refractivity contribution >= 4 is 11.8 Å². The SMILES string of the molecule is O=C(O)CCCCCCC(=O)CO. The van der Waals surface area contributed by atoms with Crippen LogP contribution in [0.25, 0.3) is 0 Å². The fourth-order valence-electron chi connectivity index (χ4n) is 1.03. The van der Waals surface area contributed by atoms with E-state index in [0.717, 1.165) is 19.3 Å². The highest BCUT2D eigenvalue weighted by molar-refractivity contribution is 5.79. The molecule has 0 bridgehead atoms. The number of aliphatic hydroxyl groups excluding tert-OH is 1. The summed E-state index contributed by atoms with van der Waals surface area (Å²) in [6.45, 7) is -0.380. The summed E-state index contributed by atoms with van der Waals surface area (Å²) in [5.74, 6) is -0.912. The van der Waals surface area contributed by atoms with Gasteiger partial charge in [-0.3, -0.25) is 9.59 Å². The summed E-state index contributed by atoms with van der Waals surface area (Å²) in [5, 5.41) is 16.7. The Balaban J connectivity index is 3.08. The molecular weight excluding hydrogens is 172 g/mol. The number of carbonyl (C=O) groups excluding carboxylic acids is 1. The topological polar surface area (TPSA) is 74.6 Å². The van der Waals surface area contributed by atoms with E-state index < -0.39 is 5.97 Å². The maximum atomic E-state index is 10.6. The second-order valence-corrected chi connectivity index (χ2v) is 3.00. The lowest BCUT2D eigenvalue weighted by Gasteiger charge is -1.98. The van der Waals surface area contributed by atoms with Crippen LogP contribution in [0.2, 0.25) is 0 Å². The van der Waals surface area contributed by atoms with Crippen molar-refractivity contribution in [1.29, 1.82) is 0 Å². The van der Waals surface area contributed by atoms with Crippen LogP contribution in [-0.2, 0) is 9.59 Å². The van der Waals surface area contributed by atoms with E-state index in [4.69, 9.17) is 10.2 Å². The predicted molar refractivity (Wildman–Crippen MR) is 47.4 cm³/mol. The molecule has 0 amide bonds. The van der Waals surface area contributed by atoms with Crippen molar-refractivity contribution < 1.29 is 19.8 Å². The minimum absolute atomic E-state index is 0.141. The molecule has 0 aromatic rings. The van der Waals surface area contributed by atoms with Gasteiger partial charge in [0, 0.05) is 12.8 Å². The molecule has 4 nitrogen and oxygen atoms in total. The van der Waals surface area contributed by atoms with Crippen LogP contribution < -0.4 is 0 Å². The Labute approximate surface area is 77.6 Å². The molecule has 13 heavy (non-hydrogen) atoms. The molecule has 0 atom stereocenters. The van der Waals surface area contributed by atoms with Crippen molar-refractivity contribution in [2.75, 3.05) is 6.61 Å². The molecule has 0 aliphatic carbocycles. The summed E-state index contributed by atoms with van der Waals surface area (Å²) in [6.07, 6.45) is 3.73. The molecule has 0 heterocycles. The number of hydrogen-bond donors (Lipinski definition) is 2. The molecule has 0 saturated carbocycles. The molecule has 0 saturated heterocycles. The highest BCUT2D eigenvalue weighted by Crippen LogP contribution is 2.05. The number of aliphatic hydroxyl groups is 1. The molecule has 76 valence electrons. The van der Waals surface area contributed by atoms with Gasteiger partial charge in [0.05, 0.1) is 0 Å². The number of carboxylic acids is 1. The minimum Gasteiger partial charge on any atom is -0.481 e. The molecule has 0 unspecified atom stereocenters. The van der Waals surface area contributed by atoms with Gasteiger partial charge in [-0.15, -0.1) is 0 Å². The average molecular weight is 188 g/mol. The number of aliphatic carboxylic acids is 1. The van der Waals surface area contributed by atoms with E-state index in [-0.39, 0.29) is 18.8 Å². The summed E-state index contributed by atoms with van der Waals surface area (Å²) in [7, 11) is 0. The lowest BCUT2D eigenvalue weighted by atomic mass is 10.1. The fourth-order valence-corrected chi connectivity index (χ4v) is 1.03. The van der Waals surface area contributed by atoms with Crippen LogP contribution in [-0.4, -0.2) is 28.6 Å². The Kier molecular flexibility index (Phi) is 7.20. The van der Waals surface area contributed by atoms with E-state index >= 15 is 0 Å². The van der Waals surface area contributed by atoms with Crippen LogP contribution in [0.1, 0.15) is 38.5 Å². The number of unbranched alkanes of at least 4 members (excludes halogenated alkanes) is 3. The number of carbonyl (C=O) groups is 2. The standard InChI is InChI=1S/C9H16O4/c10-7-8(11)5-3-1-2-4-6-9(12)13/h10H,1-7H2,(H,12,13). The molecule has 0 aliphatic rings. The molecule has 0 rings (SSSR count). The molecule has 2 N–H and O–H groups in total. The Morgan fingerprint density at radius 2 is 1.46 bits per heavy atom. The first kappa shape index (κ1) is 12.1. The number of carboxylic acid groups (broad SMARTS) is 1. The largest absolute Gasteiger partial charge is 0.481 e. The van der Waals surface area contributed by atoms with E-state index in [9.17, 15) is 9.59 Å². The highest BCUT2D eigenvalue weighted by atomic mass is 16.4. The first-order chi connectivity index (χ1) is 6.16. The third-order valence-corrected chi connectivity index (χ3v) is 1.77. The molecule has 4 heteroatoms. The molecule has 0 fully saturated rings. The first-order valence-corrected chi connectivity index (χ1v) is 4.51. The van der Waals surface area contributed by atoms with Crippen LogP contribution in [0, 0.1) is 0 Å².